The maximum atomic E-state index is 13.1. The van der Waals surface area contributed by atoms with Gasteiger partial charge in [-0.2, -0.15) is 0 Å². The minimum absolute atomic E-state index is 0.00522. The molecule has 0 atom stereocenters. The molecular formula is C23H23N3O3. The summed E-state index contributed by atoms with van der Waals surface area (Å²) in [7, 11) is 0. The second-order valence-corrected chi connectivity index (χ2v) is 7.21. The Labute approximate surface area is 169 Å². The van der Waals surface area contributed by atoms with E-state index in [9.17, 15) is 9.59 Å². The summed E-state index contributed by atoms with van der Waals surface area (Å²) in [6, 6.07) is 19.4. The summed E-state index contributed by atoms with van der Waals surface area (Å²) in [5.41, 5.74) is 3.08. The van der Waals surface area contributed by atoms with Gasteiger partial charge in [-0.25, -0.2) is 0 Å². The van der Waals surface area contributed by atoms with E-state index < -0.39 is 0 Å². The van der Waals surface area contributed by atoms with E-state index >= 15 is 0 Å². The van der Waals surface area contributed by atoms with Crippen LogP contribution in [0.3, 0.4) is 0 Å². The summed E-state index contributed by atoms with van der Waals surface area (Å²) < 4.78 is 5.01. The standard InChI is InChI=1S/C23H23N3O3/c1-17-15-21(24-29-17)23(28)26-12-6-11-25(13-14-26)22(27)20-10-5-9-19(16-20)18-7-3-2-4-8-18/h2-5,7-10,15-16H,6,11-14H2,1H3. The van der Waals surface area contributed by atoms with Crippen molar-refractivity contribution in [2.75, 3.05) is 26.2 Å². The molecule has 0 aliphatic carbocycles. The molecule has 4 rings (SSSR count). The van der Waals surface area contributed by atoms with E-state index in [0.717, 1.165) is 17.5 Å². The van der Waals surface area contributed by atoms with Gasteiger partial charge in [-0.05, 0) is 36.6 Å². The summed E-state index contributed by atoms with van der Waals surface area (Å²) in [5.74, 6) is 0.454. The number of aromatic nitrogens is 1. The van der Waals surface area contributed by atoms with Crippen molar-refractivity contribution in [2.24, 2.45) is 0 Å². The Hall–Kier alpha value is -3.41. The number of rotatable bonds is 3. The lowest BCUT2D eigenvalue weighted by Crippen LogP contribution is -2.37. The first-order valence-electron chi connectivity index (χ1n) is 9.79. The Balaban J connectivity index is 1.45. The monoisotopic (exact) mass is 389 g/mol. The van der Waals surface area contributed by atoms with Crippen molar-refractivity contribution in [3.8, 4) is 11.1 Å². The smallest absolute Gasteiger partial charge is 0.276 e. The fourth-order valence-electron chi connectivity index (χ4n) is 3.60. The van der Waals surface area contributed by atoms with Crippen LogP contribution in [-0.4, -0.2) is 52.9 Å². The molecule has 1 saturated heterocycles. The Kier molecular flexibility index (Phi) is 5.42. The number of carbonyl (C=O) groups is 2. The number of amides is 2. The van der Waals surface area contributed by atoms with Crippen molar-refractivity contribution in [3.63, 3.8) is 0 Å². The maximum Gasteiger partial charge on any atom is 0.276 e. The molecule has 148 valence electrons. The molecule has 0 bridgehead atoms. The molecule has 2 amide bonds. The van der Waals surface area contributed by atoms with Gasteiger partial charge < -0.3 is 14.3 Å². The molecule has 2 heterocycles. The highest BCUT2D eigenvalue weighted by atomic mass is 16.5. The highest BCUT2D eigenvalue weighted by molar-refractivity contribution is 5.96. The van der Waals surface area contributed by atoms with Gasteiger partial charge in [0.25, 0.3) is 11.8 Å². The van der Waals surface area contributed by atoms with Crippen LogP contribution in [0.2, 0.25) is 0 Å². The third-order valence-corrected chi connectivity index (χ3v) is 5.13. The molecule has 1 aliphatic rings. The lowest BCUT2D eigenvalue weighted by atomic mass is 10.0. The largest absolute Gasteiger partial charge is 0.361 e. The second kappa shape index (κ2) is 8.31. The molecule has 1 aliphatic heterocycles. The van der Waals surface area contributed by atoms with Gasteiger partial charge in [-0.15, -0.1) is 0 Å². The molecule has 1 fully saturated rings. The number of hydrogen-bond acceptors (Lipinski definition) is 4. The van der Waals surface area contributed by atoms with Crippen molar-refractivity contribution in [2.45, 2.75) is 13.3 Å². The second-order valence-electron chi connectivity index (χ2n) is 7.21. The Morgan fingerprint density at radius 1 is 0.828 bits per heavy atom. The van der Waals surface area contributed by atoms with E-state index in [0.29, 0.717) is 43.2 Å². The molecule has 2 aromatic carbocycles. The van der Waals surface area contributed by atoms with Gasteiger partial charge in [0.05, 0.1) is 0 Å². The number of aryl methyl sites for hydroxylation is 1. The van der Waals surface area contributed by atoms with Crippen LogP contribution in [0.5, 0.6) is 0 Å². The van der Waals surface area contributed by atoms with Crippen molar-refractivity contribution in [1.29, 1.82) is 0 Å². The Morgan fingerprint density at radius 2 is 1.52 bits per heavy atom. The number of carbonyl (C=O) groups excluding carboxylic acids is 2. The van der Waals surface area contributed by atoms with E-state index in [-0.39, 0.29) is 11.8 Å². The van der Waals surface area contributed by atoms with Crippen LogP contribution in [-0.2, 0) is 0 Å². The van der Waals surface area contributed by atoms with Crippen LogP contribution in [0.1, 0.15) is 33.0 Å². The molecular weight excluding hydrogens is 366 g/mol. The van der Waals surface area contributed by atoms with Crippen molar-refractivity contribution in [3.05, 3.63) is 77.7 Å². The molecule has 1 aromatic heterocycles. The molecule has 0 N–H and O–H groups in total. The molecule has 3 aromatic rings. The first kappa shape index (κ1) is 18.9. The van der Waals surface area contributed by atoms with Crippen molar-refractivity contribution < 1.29 is 14.1 Å². The fraction of sp³-hybridized carbons (Fsp3) is 0.261. The van der Waals surface area contributed by atoms with Crippen LogP contribution in [0.25, 0.3) is 11.1 Å². The SMILES string of the molecule is Cc1cc(C(=O)N2CCCN(C(=O)c3cccc(-c4ccccc4)c3)CC2)no1. The van der Waals surface area contributed by atoms with Crippen LogP contribution < -0.4 is 0 Å². The van der Waals surface area contributed by atoms with Crippen LogP contribution in [0, 0.1) is 6.92 Å². The van der Waals surface area contributed by atoms with Crippen LogP contribution >= 0.6 is 0 Å². The quantitative estimate of drug-likeness (QED) is 0.686. The molecule has 0 spiro atoms. The van der Waals surface area contributed by atoms with Gasteiger partial charge in [-0.1, -0.05) is 47.6 Å². The van der Waals surface area contributed by atoms with Crippen LogP contribution in [0.4, 0.5) is 0 Å². The fourth-order valence-corrected chi connectivity index (χ4v) is 3.60. The highest BCUT2D eigenvalue weighted by Gasteiger charge is 2.25. The van der Waals surface area contributed by atoms with Gasteiger partial charge in [-0.3, -0.25) is 9.59 Å². The van der Waals surface area contributed by atoms with Gasteiger partial charge in [0, 0.05) is 37.8 Å². The third-order valence-electron chi connectivity index (χ3n) is 5.13. The van der Waals surface area contributed by atoms with Crippen molar-refractivity contribution >= 4 is 11.8 Å². The van der Waals surface area contributed by atoms with Crippen LogP contribution in [0.15, 0.2) is 65.2 Å². The molecule has 0 saturated carbocycles. The first-order chi connectivity index (χ1) is 14.1. The normalized spacial score (nSPS) is 14.5. The van der Waals surface area contributed by atoms with Gasteiger partial charge >= 0.3 is 0 Å². The average molecular weight is 389 g/mol. The zero-order chi connectivity index (χ0) is 20.2. The zero-order valence-electron chi connectivity index (χ0n) is 16.4. The highest BCUT2D eigenvalue weighted by Crippen LogP contribution is 2.21. The van der Waals surface area contributed by atoms with E-state index in [4.69, 9.17) is 4.52 Å². The minimum atomic E-state index is -0.151. The van der Waals surface area contributed by atoms with E-state index in [2.05, 4.69) is 5.16 Å². The number of nitrogens with zero attached hydrogens (tertiary/aromatic N) is 3. The Bertz CT molecular complexity index is 1010. The first-order valence-corrected chi connectivity index (χ1v) is 9.79. The maximum absolute atomic E-state index is 13.1. The van der Waals surface area contributed by atoms with E-state index in [1.165, 1.54) is 0 Å². The third kappa shape index (κ3) is 4.21. The van der Waals surface area contributed by atoms with Gasteiger partial charge in [0.2, 0.25) is 0 Å². The minimum Gasteiger partial charge on any atom is -0.361 e. The summed E-state index contributed by atoms with van der Waals surface area (Å²) in [6.07, 6.45) is 0.729. The average Bonchev–Trinajstić information content (AvgIpc) is 3.05. The summed E-state index contributed by atoms with van der Waals surface area (Å²) >= 11 is 0. The van der Waals surface area contributed by atoms with Gasteiger partial charge in [0.15, 0.2) is 5.69 Å². The zero-order valence-corrected chi connectivity index (χ0v) is 16.4. The molecule has 29 heavy (non-hydrogen) atoms. The molecule has 6 nitrogen and oxygen atoms in total. The predicted octanol–water partition coefficient (Wildman–Crippen LogP) is 3.64. The topological polar surface area (TPSA) is 66.7 Å². The molecule has 6 heteroatoms. The van der Waals surface area contributed by atoms with E-state index in [1.54, 1.807) is 17.9 Å². The molecule has 0 radical (unpaired) electrons. The van der Waals surface area contributed by atoms with E-state index in [1.807, 2.05) is 59.5 Å². The van der Waals surface area contributed by atoms with Gasteiger partial charge in [0.1, 0.15) is 5.76 Å². The lowest BCUT2D eigenvalue weighted by Gasteiger charge is -2.22. The number of benzene rings is 2. The molecule has 0 unspecified atom stereocenters. The summed E-state index contributed by atoms with van der Waals surface area (Å²) in [6.45, 7) is 3.95. The summed E-state index contributed by atoms with van der Waals surface area (Å²) in [5, 5.41) is 3.81. The van der Waals surface area contributed by atoms with Crippen molar-refractivity contribution in [1.82, 2.24) is 15.0 Å². The number of hydrogen-bond donors (Lipinski definition) is 0. The Morgan fingerprint density at radius 3 is 2.21 bits per heavy atom. The summed E-state index contributed by atoms with van der Waals surface area (Å²) in [4.78, 5) is 29.3. The predicted molar refractivity (Wildman–Crippen MR) is 110 cm³/mol. The lowest BCUT2D eigenvalue weighted by molar-refractivity contribution is 0.0713.